The molecule has 90 valence electrons. The lowest BCUT2D eigenvalue weighted by molar-refractivity contribution is 0.113. The Hall–Kier alpha value is -0.980. The number of halogens is 1. The van der Waals surface area contributed by atoms with E-state index in [4.69, 9.17) is 20.7 Å². The molecule has 0 aliphatic heterocycles. The summed E-state index contributed by atoms with van der Waals surface area (Å²) in [5, 5.41) is 17.8. The largest absolute Gasteiger partial charge is 0.495 e. The van der Waals surface area contributed by atoms with E-state index in [9.17, 15) is 4.39 Å². The van der Waals surface area contributed by atoms with Crippen LogP contribution in [0.2, 0.25) is 0 Å². The van der Waals surface area contributed by atoms with Gasteiger partial charge in [0.05, 0.1) is 25.5 Å². The predicted molar refractivity (Wildman–Crippen MR) is 61.2 cm³/mol. The molecule has 1 aromatic carbocycles. The summed E-state index contributed by atoms with van der Waals surface area (Å²) >= 11 is 1.10. The van der Waals surface area contributed by atoms with Gasteiger partial charge in [0.1, 0.15) is 11.6 Å². The molecule has 0 aliphatic rings. The number of ether oxygens (including phenoxy) is 1. The topological polar surface area (TPSA) is 75.7 Å². The number of thioether (sulfide) groups is 1. The van der Waals surface area contributed by atoms with Gasteiger partial charge < -0.3 is 20.7 Å². The van der Waals surface area contributed by atoms with E-state index in [1.807, 2.05) is 0 Å². The van der Waals surface area contributed by atoms with Crippen molar-refractivity contribution in [2.24, 2.45) is 0 Å². The minimum absolute atomic E-state index is 0.209. The van der Waals surface area contributed by atoms with Crippen LogP contribution in [0.4, 0.5) is 10.1 Å². The quantitative estimate of drug-likeness (QED) is 0.531. The van der Waals surface area contributed by atoms with Gasteiger partial charge in [-0.2, -0.15) is 0 Å². The minimum atomic E-state index is -0.868. The first-order valence-corrected chi connectivity index (χ1v) is 5.61. The van der Waals surface area contributed by atoms with Gasteiger partial charge in [0.25, 0.3) is 0 Å². The van der Waals surface area contributed by atoms with Gasteiger partial charge in [0.15, 0.2) is 0 Å². The standard InChI is InChI=1S/C10H14FNO3S/c1-15-9-3-10(7(11)2-8(9)12)16-5-6(14)4-13/h2-3,6,13-14H,4-5,12H2,1H3. The van der Waals surface area contributed by atoms with Gasteiger partial charge in [-0.3, -0.25) is 0 Å². The molecule has 0 saturated carbocycles. The lowest BCUT2D eigenvalue weighted by Crippen LogP contribution is -2.14. The van der Waals surface area contributed by atoms with Crippen molar-refractivity contribution in [2.45, 2.75) is 11.0 Å². The number of rotatable bonds is 5. The van der Waals surface area contributed by atoms with Crippen molar-refractivity contribution < 1.29 is 19.3 Å². The summed E-state index contributed by atoms with van der Waals surface area (Å²) in [5.41, 5.74) is 5.75. The van der Waals surface area contributed by atoms with Gasteiger partial charge >= 0.3 is 0 Å². The van der Waals surface area contributed by atoms with Crippen molar-refractivity contribution in [2.75, 3.05) is 25.2 Å². The van der Waals surface area contributed by atoms with Crippen LogP contribution in [0.1, 0.15) is 0 Å². The lowest BCUT2D eigenvalue weighted by atomic mass is 10.3. The molecule has 4 nitrogen and oxygen atoms in total. The zero-order chi connectivity index (χ0) is 12.1. The molecule has 1 rings (SSSR count). The maximum atomic E-state index is 13.4. The van der Waals surface area contributed by atoms with Crippen molar-refractivity contribution in [3.63, 3.8) is 0 Å². The minimum Gasteiger partial charge on any atom is -0.495 e. The third kappa shape index (κ3) is 3.26. The summed E-state index contributed by atoms with van der Waals surface area (Å²) in [5.74, 6) is 0.136. The maximum Gasteiger partial charge on any atom is 0.143 e. The number of benzene rings is 1. The Morgan fingerprint density at radius 3 is 2.81 bits per heavy atom. The first-order valence-electron chi connectivity index (χ1n) is 4.63. The molecule has 0 amide bonds. The molecule has 1 unspecified atom stereocenters. The Kier molecular flexibility index (Phi) is 4.85. The highest BCUT2D eigenvalue weighted by atomic mass is 32.2. The normalized spacial score (nSPS) is 12.5. The Labute approximate surface area is 97.2 Å². The van der Waals surface area contributed by atoms with Crippen LogP contribution < -0.4 is 10.5 Å². The van der Waals surface area contributed by atoms with E-state index >= 15 is 0 Å². The Bertz CT molecular complexity index is 362. The number of nitrogens with two attached hydrogens (primary N) is 1. The molecule has 16 heavy (non-hydrogen) atoms. The van der Waals surface area contributed by atoms with E-state index in [0.29, 0.717) is 10.6 Å². The highest BCUT2D eigenvalue weighted by molar-refractivity contribution is 7.99. The van der Waals surface area contributed by atoms with Crippen LogP contribution in [0.5, 0.6) is 5.75 Å². The fraction of sp³-hybridized carbons (Fsp3) is 0.400. The second-order valence-corrected chi connectivity index (χ2v) is 4.23. The van der Waals surface area contributed by atoms with Gasteiger partial charge in [-0.15, -0.1) is 11.8 Å². The van der Waals surface area contributed by atoms with Crippen LogP contribution in [0.3, 0.4) is 0 Å². The fourth-order valence-electron chi connectivity index (χ4n) is 1.08. The molecule has 0 aromatic heterocycles. The van der Waals surface area contributed by atoms with E-state index in [0.717, 1.165) is 11.8 Å². The van der Waals surface area contributed by atoms with Crippen molar-refractivity contribution in [1.29, 1.82) is 0 Å². The number of methoxy groups -OCH3 is 1. The molecule has 0 radical (unpaired) electrons. The molecular weight excluding hydrogens is 233 g/mol. The Morgan fingerprint density at radius 2 is 2.25 bits per heavy atom. The zero-order valence-corrected chi connectivity index (χ0v) is 9.63. The number of hydrogen-bond donors (Lipinski definition) is 3. The Balaban J connectivity index is 2.79. The molecule has 0 fully saturated rings. The van der Waals surface area contributed by atoms with Crippen LogP contribution in [0.15, 0.2) is 17.0 Å². The molecule has 1 atom stereocenters. The second-order valence-electron chi connectivity index (χ2n) is 3.17. The number of anilines is 1. The number of hydrogen-bond acceptors (Lipinski definition) is 5. The summed E-state index contributed by atoms with van der Waals surface area (Å²) in [6, 6.07) is 2.64. The van der Waals surface area contributed by atoms with Crippen molar-refractivity contribution in [1.82, 2.24) is 0 Å². The average molecular weight is 247 g/mol. The second kappa shape index (κ2) is 5.93. The molecule has 0 spiro atoms. The van der Waals surface area contributed by atoms with Crippen molar-refractivity contribution in [3.05, 3.63) is 17.9 Å². The van der Waals surface area contributed by atoms with Crippen LogP contribution >= 0.6 is 11.8 Å². The molecule has 0 heterocycles. The summed E-state index contributed by atoms with van der Waals surface area (Å²) in [6.45, 7) is -0.347. The van der Waals surface area contributed by atoms with Gasteiger partial charge in [-0.25, -0.2) is 4.39 Å². The number of nitrogen functional groups attached to an aromatic ring is 1. The molecule has 1 aromatic rings. The SMILES string of the molecule is COc1cc(SCC(O)CO)c(F)cc1N. The molecule has 4 N–H and O–H groups in total. The highest BCUT2D eigenvalue weighted by Gasteiger charge is 2.11. The molecular formula is C10H14FNO3S. The molecule has 0 aliphatic carbocycles. The van der Waals surface area contributed by atoms with Crippen molar-refractivity contribution in [3.8, 4) is 5.75 Å². The zero-order valence-electron chi connectivity index (χ0n) is 8.81. The highest BCUT2D eigenvalue weighted by Crippen LogP contribution is 2.31. The third-order valence-corrected chi connectivity index (χ3v) is 3.10. The Morgan fingerprint density at radius 1 is 1.56 bits per heavy atom. The third-order valence-electron chi connectivity index (χ3n) is 1.93. The van der Waals surface area contributed by atoms with E-state index in [2.05, 4.69) is 0 Å². The summed E-state index contributed by atoms with van der Waals surface area (Å²) in [4.78, 5) is 0.332. The summed E-state index contributed by atoms with van der Waals surface area (Å²) in [7, 11) is 1.45. The van der Waals surface area contributed by atoms with E-state index < -0.39 is 11.9 Å². The summed E-state index contributed by atoms with van der Waals surface area (Å²) in [6.07, 6.45) is -0.868. The van der Waals surface area contributed by atoms with Gasteiger partial charge in [-0.05, 0) is 6.07 Å². The van der Waals surface area contributed by atoms with Crippen LogP contribution in [0.25, 0.3) is 0 Å². The van der Waals surface area contributed by atoms with E-state index in [1.54, 1.807) is 0 Å². The van der Waals surface area contributed by atoms with E-state index in [-0.39, 0.29) is 18.0 Å². The first kappa shape index (κ1) is 13.1. The molecule has 0 bridgehead atoms. The smallest absolute Gasteiger partial charge is 0.143 e. The fourth-order valence-corrected chi connectivity index (χ4v) is 1.94. The van der Waals surface area contributed by atoms with Crippen molar-refractivity contribution >= 4 is 17.4 Å². The van der Waals surface area contributed by atoms with Gasteiger partial charge in [-0.1, -0.05) is 0 Å². The monoisotopic (exact) mass is 247 g/mol. The average Bonchev–Trinajstić information content (AvgIpc) is 2.27. The predicted octanol–water partition coefficient (Wildman–Crippen LogP) is 0.862. The number of aliphatic hydroxyl groups is 2. The van der Waals surface area contributed by atoms with E-state index in [1.165, 1.54) is 19.2 Å². The van der Waals surface area contributed by atoms with Crippen LogP contribution in [-0.4, -0.2) is 35.8 Å². The lowest BCUT2D eigenvalue weighted by Gasteiger charge is -2.10. The molecule has 0 saturated heterocycles. The first-order chi connectivity index (χ1) is 7.58. The van der Waals surface area contributed by atoms with Crippen LogP contribution in [0, 0.1) is 5.82 Å². The van der Waals surface area contributed by atoms with Crippen LogP contribution in [-0.2, 0) is 0 Å². The molecule has 6 heteroatoms. The number of aliphatic hydroxyl groups excluding tert-OH is 2. The van der Waals surface area contributed by atoms with Gasteiger partial charge in [0.2, 0.25) is 0 Å². The summed E-state index contributed by atoms with van der Waals surface area (Å²) < 4.78 is 18.4. The maximum absolute atomic E-state index is 13.4. The van der Waals surface area contributed by atoms with Gasteiger partial charge in [0, 0.05) is 16.7 Å².